The van der Waals surface area contributed by atoms with Crippen LogP contribution in [0.15, 0.2) is 47.2 Å². The molecule has 0 saturated carbocycles. The van der Waals surface area contributed by atoms with E-state index < -0.39 is 16.7 Å². The average molecular weight is 332 g/mol. The van der Waals surface area contributed by atoms with Crippen LogP contribution in [0.25, 0.3) is 0 Å². The van der Waals surface area contributed by atoms with Crippen molar-refractivity contribution in [1.29, 1.82) is 0 Å². The third-order valence-electron chi connectivity index (χ3n) is 4.33. The molecule has 1 aliphatic carbocycles. The number of nitrogens with zero attached hydrogens (tertiary/aromatic N) is 1. The Morgan fingerprint density at radius 1 is 1.29 bits per heavy atom. The summed E-state index contributed by atoms with van der Waals surface area (Å²) in [5, 5.41) is 11.5. The minimum Gasteiger partial charge on any atom is -0.440 e. The molecule has 2 N–H and O–H groups in total. The van der Waals surface area contributed by atoms with E-state index in [1.807, 2.05) is 13.8 Å². The van der Waals surface area contributed by atoms with Gasteiger partial charge in [0, 0.05) is 12.8 Å². The molecule has 24 heavy (non-hydrogen) atoms. The first-order valence-electron chi connectivity index (χ1n) is 7.53. The standard InChI is InChI=1S/C17H17FN2O4/c1-17(2)7-11(21)14-12(8-17)24-16(19)15(20(22)23)13(14)9-3-5-10(18)6-4-9/h3-6,13H,7-8,19H2,1-2H3/t13-/m0/s1. The van der Waals surface area contributed by atoms with Gasteiger partial charge in [-0.3, -0.25) is 14.9 Å². The zero-order valence-corrected chi connectivity index (χ0v) is 13.3. The molecule has 0 unspecified atom stereocenters. The number of ether oxygens (including phenoxy) is 1. The Morgan fingerprint density at radius 2 is 1.92 bits per heavy atom. The lowest BCUT2D eigenvalue weighted by molar-refractivity contribution is -0.433. The number of allylic oxidation sites excluding steroid dienone is 2. The fraction of sp³-hybridized carbons (Fsp3) is 0.353. The van der Waals surface area contributed by atoms with Gasteiger partial charge < -0.3 is 10.5 Å². The Hall–Kier alpha value is -2.70. The molecule has 6 nitrogen and oxygen atoms in total. The molecule has 0 aromatic heterocycles. The van der Waals surface area contributed by atoms with E-state index in [9.17, 15) is 19.3 Å². The summed E-state index contributed by atoms with van der Waals surface area (Å²) in [5.41, 5.74) is 5.78. The van der Waals surface area contributed by atoms with Gasteiger partial charge in [0.2, 0.25) is 0 Å². The highest BCUT2D eigenvalue weighted by Crippen LogP contribution is 2.47. The van der Waals surface area contributed by atoms with Crippen molar-refractivity contribution < 1.29 is 18.8 Å². The number of hydrogen-bond acceptors (Lipinski definition) is 5. The molecule has 3 rings (SSSR count). The van der Waals surface area contributed by atoms with Crippen molar-refractivity contribution in [2.45, 2.75) is 32.6 Å². The molecule has 1 aromatic carbocycles. The fourth-order valence-electron chi connectivity index (χ4n) is 3.33. The summed E-state index contributed by atoms with van der Waals surface area (Å²) >= 11 is 0. The smallest absolute Gasteiger partial charge is 0.317 e. The average Bonchev–Trinajstić information content (AvgIpc) is 2.44. The first kappa shape index (κ1) is 16.2. The van der Waals surface area contributed by atoms with Crippen LogP contribution in [0, 0.1) is 21.3 Å². The summed E-state index contributed by atoms with van der Waals surface area (Å²) in [6.07, 6.45) is 0.718. The summed E-state index contributed by atoms with van der Waals surface area (Å²) in [4.78, 5) is 23.5. The van der Waals surface area contributed by atoms with Crippen molar-refractivity contribution in [3.63, 3.8) is 0 Å². The van der Waals surface area contributed by atoms with Crippen molar-refractivity contribution in [1.82, 2.24) is 0 Å². The minimum atomic E-state index is -0.951. The number of rotatable bonds is 2. The molecule has 1 aromatic rings. The lowest BCUT2D eigenvalue weighted by atomic mass is 9.71. The van der Waals surface area contributed by atoms with Crippen LogP contribution in [0.2, 0.25) is 0 Å². The second-order valence-corrected chi connectivity index (χ2v) is 6.87. The first-order chi connectivity index (χ1) is 11.2. The van der Waals surface area contributed by atoms with E-state index in [1.54, 1.807) is 0 Å². The molecule has 0 amide bonds. The van der Waals surface area contributed by atoms with Gasteiger partial charge in [0.15, 0.2) is 5.78 Å². The van der Waals surface area contributed by atoms with Crippen molar-refractivity contribution in [3.05, 3.63) is 68.7 Å². The van der Waals surface area contributed by atoms with Crippen molar-refractivity contribution in [2.24, 2.45) is 11.1 Å². The Kier molecular flexibility index (Phi) is 3.66. The van der Waals surface area contributed by atoms with Crippen molar-refractivity contribution >= 4 is 5.78 Å². The molecule has 0 spiro atoms. The molecule has 1 aliphatic heterocycles. The number of carbonyl (C=O) groups excluding carboxylic acids is 1. The van der Waals surface area contributed by atoms with Crippen LogP contribution in [0.4, 0.5) is 4.39 Å². The largest absolute Gasteiger partial charge is 0.440 e. The Balaban J connectivity index is 2.19. The van der Waals surface area contributed by atoms with Crippen LogP contribution in [0.5, 0.6) is 0 Å². The molecule has 0 saturated heterocycles. The Morgan fingerprint density at radius 3 is 2.50 bits per heavy atom. The second-order valence-electron chi connectivity index (χ2n) is 6.87. The van der Waals surface area contributed by atoms with E-state index in [0.717, 1.165) is 0 Å². The fourth-order valence-corrected chi connectivity index (χ4v) is 3.33. The van der Waals surface area contributed by atoms with Crippen LogP contribution < -0.4 is 5.73 Å². The van der Waals surface area contributed by atoms with E-state index >= 15 is 0 Å². The highest BCUT2D eigenvalue weighted by atomic mass is 19.1. The summed E-state index contributed by atoms with van der Waals surface area (Å²) in [6.45, 7) is 3.85. The molecule has 0 radical (unpaired) electrons. The topological polar surface area (TPSA) is 95.5 Å². The molecule has 0 bridgehead atoms. The van der Waals surface area contributed by atoms with Gasteiger partial charge in [0.05, 0.1) is 10.5 Å². The number of halogens is 1. The Bertz CT molecular complexity index is 793. The van der Waals surface area contributed by atoms with Crippen LogP contribution in [-0.2, 0) is 9.53 Å². The lowest BCUT2D eigenvalue weighted by Crippen LogP contribution is -2.35. The van der Waals surface area contributed by atoms with E-state index in [1.165, 1.54) is 24.3 Å². The maximum Gasteiger partial charge on any atom is 0.317 e. The molecule has 1 atom stereocenters. The predicted octanol–water partition coefficient (Wildman–Crippen LogP) is 2.99. The highest BCUT2D eigenvalue weighted by Gasteiger charge is 2.47. The van der Waals surface area contributed by atoms with Gasteiger partial charge in [-0.25, -0.2) is 4.39 Å². The van der Waals surface area contributed by atoms with Crippen LogP contribution in [-0.4, -0.2) is 10.7 Å². The van der Waals surface area contributed by atoms with Gasteiger partial charge in [0.25, 0.3) is 5.88 Å². The molecule has 126 valence electrons. The predicted molar refractivity (Wildman–Crippen MR) is 83.5 cm³/mol. The number of nitrogens with two attached hydrogens (primary N) is 1. The van der Waals surface area contributed by atoms with E-state index in [4.69, 9.17) is 10.5 Å². The lowest BCUT2D eigenvalue weighted by Gasteiger charge is -2.36. The van der Waals surface area contributed by atoms with E-state index in [-0.39, 0.29) is 34.8 Å². The highest BCUT2D eigenvalue weighted by molar-refractivity contribution is 5.99. The zero-order valence-electron chi connectivity index (χ0n) is 13.3. The third kappa shape index (κ3) is 2.66. The van der Waals surface area contributed by atoms with Gasteiger partial charge in [-0.05, 0) is 23.1 Å². The van der Waals surface area contributed by atoms with Gasteiger partial charge >= 0.3 is 5.70 Å². The van der Waals surface area contributed by atoms with E-state index in [2.05, 4.69) is 0 Å². The number of carbonyl (C=O) groups is 1. The van der Waals surface area contributed by atoms with Gasteiger partial charge in [-0.15, -0.1) is 0 Å². The zero-order chi connectivity index (χ0) is 17.6. The summed E-state index contributed by atoms with van der Waals surface area (Å²) < 4.78 is 18.7. The van der Waals surface area contributed by atoms with Gasteiger partial charge in [-0.2, -0.15) is 0 Å². The van der Waals surface area contributed by atoms with Crippen LogP contribution >= 0.6 is 0 Å². The number of nitro groups is 1. The van der Waals surface area contributed by atoms with Crippen molar-refractivity contribution in [3.8, 4) is 0 Å². The number of hydrogen-bond donors (Lipinski definition) is 1. The van der Waals surface area contributed by atoms with E-state index in [0.29, 0.717) is 17.7 Å². The van der Waals surface area contributed by atoms with Crippen LogP contribution in [0.3, 0.4) is 0 Å². The maximum atomic E-state index is 13.2. The molecule has 2 aliphatic rings. The monoisotopic (exact) mass is 332 g/mol. The first-order valence-corrected chi connectivity index (χ1v) is 7.53. The molecular weight excluding hydrogens is 315 g/mol. The normalized spacial score (nSPS) is 23.0. The third-order valence-corrected chi connectivity index (χ3v) is 4.33. The quantitative estimate of drug-likeness (QED) is 0.663. The number of ketones is 1. The number of benzene rings is 1. The summed E-state index contributed by atoms with van der Waals surface area (Å²) in [5.74, 6) is -1.57. The summed E-state index contributed by atoms with van der Waals surface area (Å²) in [6, 6.07) is 5.27. The minimum absolute atomic E-state index is 0.206. The molecule has 0 fully saturated rings. The van der Waals surface area contributed by atoms with Gasteiger partial charge in [0.1, 0.15) is 17.5 Å². The maximum absolute atomic E-state index is 13.2. The van der Waals surface area contributed by atoms with Gasteiger partial charge in [-0.1, -0.05) is 26.0 Å². The number of Topliss-reactive ketones (excluding diaryl/α,β-unsaturated/α-hetero) is 1. The Labute approximate surface area is 137 Å². The molecular formula is C17H17FN2O4. The van der Waals surface area contributed by atoms with Crippen LogP contribution in [0.1, 0.15) is 38.2 Å². The molecule has 1 heterocycles. The summed E-state index contributed by atoms with van der Waals surface area (Å²) in [7, 11) is 0. The SMILES string of the molecule is CC1(C)CC(=O)C2=C(C1)OC(N)=C([N+](=O)[O-])[C@H]2c1ccc(F)cc1. The second kappa shape index (κ2) is 5.43. The van der Waals surface area contributed by atoms with Crippen molar-refractivity contribution in [2.75, 3.05) is 0 Å². The molecule has 7 heteroatoms.